The van der Waals surface area contributed by atoms with Crippen molar-refractivity contribution in [1.29, 1.82) is 0 Å². The van der Waals surface area contributed by atoms with Gasteiger partial charge in [0.25, 0.3) is 0 Å². The van der Waals surface area contributed by atoms with Crippen molar-refractivity contribution in [3.05, 3.63) is 0 Å². The molecule has 0 aromatic carbocycles. The molecule has 0 aliphatic rings. The lowest BCUT2D eigenvalue weighted by molar-refractivity contribution is 0.150. The van der Waals surface area contributed by atoms with E-state index in [1.54, 1.807) is 0 Å². The Morgan fingerprint density at radius 2 is 2.12 bits per heavy atom. The summed E-state index contributed by atoms with van der Waals surface area (Å²) in [6.45, 7) is -0.107. The molecule has 4 N–H and O–H groups in total. The van der Waals surface area contributed by atoms with Gasteiger partial charge in [-0.05, 0) is 0 Å². The summed E-state index contributed by atoms with van der Waals surface area (Å²) >= 11 is 0. The second kappa shape index (κ2) is 3.17. The van der Waals surface area contributed by atoms with Gasteiger partial charge in [-0.25, -0.2) is 5.90 Å². The van der Waals surface area contributed by atoms with Crippen molar-refractivity contribution in [2.75, 3.05) is 12.8 Å². The van der Waals surface area contributed by atoms with Crippen LogP contribution in [0.4, 0.5) is 0 Å². The van der Waals surface area contributed by atoms with E-state index in [1.807, 2.05) is 0 Å². The van der Waals surface area contributed by atoms with E-state index in [0.29, 0.717) is 0 Å². The van der Waals surface area contributed by atoms with Gasteiger partial charge < -0.3 is 14.6 Å². The number of rotatable bonds is 3. The van der Waals surface area contributed by atoms with E-state index in [-0.39, 0.29) is 12.8 Å². The van der Waals surface area contributed by atoms with Crippen molar-refractivity contribution in [2.24, 2.45) is 5.90 Å². The summed E-state index contributed by atoms with van der Waals surface area (Å²) in [5.74, 6) is 4.49. The Kier molecular flexibility index (Phi) is 3.19. The molecule has 0 rings (SSSR count). The molecule has 0 aromatic heterocycles. The van der Waals surface area contributed by atoms with Crippen LogP contribution in [0, 0.1) is 0 Å². The van der Waals surface area contributed by atoms with Crippen LogP contribution in [0.5, 0.6) is 0 Å². The molecule has 0 heterocycles. The normalized spacial score (nSPS) is 11.9. The summed E-state index contributed by atoms with van der Waals surface area (Å²) in [6, 6.07) is 0. The Morgan fingerprint density at radius 3 is 2.25 bits per heavy atom. The summed E-state index contributed by atoms with van der Waals surface area (Å²) in [6.07, 6.45) is -0.316. The largest absolute Gasteiger partial charge is 0.327 e. The van der Waals surface area contributed by atoms with Crippen LogP contribution in [0.2, 0.25) is 0 Å². The summed E-state index contributed by atoms with van der Waals surface area (Å²) in [5, 5.41) is 0. The number of nitrogens with two attached hydrogens (primary N) is 1. The van der Waals surface area contributed by atoms with Crippen LogP contribution in [0.3, 0.4) is 0 Å². The Morgan fingerprint density at radius 1 is 1.62 bits per heavy atom. The van der Waals surface area contributed by atoms with Crippen LogP contribution < -0.4 is 5.90 Å². The Labute approximate surface area is 46.6 Å². The van der Waals surface area contributed by atoms with Gasteiger partial charge in [0, 0.05) is 0 Å². The third-order valence-corrected chi connectivity index (χ3v) is 1.27. The highest BCUT2D eigenvalue weighted by molar-refractivity contribution is 7.51. The van der Waals surface area contributed by atoms with Gasteiger partial charge in [0.05, 0.1) is 12.8 Å². The fourth-order valence-corrected chi connectivity index (χ4v) is 0.515. The van der Waals surface area contributed by atoms with Gasteiger partial charge in [-0.1, -0.05) is 0 Å². The molecule has 0 unspecified atom stereocenters. The summed E-state index contributed by atoms with van der Waals surface area (Å²) in [7, 11) is -3.89. The maximum absolute atomic E-state index is 9.95. The second-order valence-corrected chi connectivity index (χ2v) is 3.04. The highest BCUT2D eigenvalue weighted by Gasteiger charge is 2.10. The first-order chi connectivity index (χ1) is 3.56. The van der Waals surface area contributed by atoms with Crippen molar-refractivity contribution in [1.82, 2.24) is 0 Å². The maximum atomic E-state index is 9.95. The van der Waals surface area contributed by atoms with Gasteiger partial charge in [0.2, 0.25) is 0 Å². The maximum Gasteiger partial charge on any atom is 0.327 e. The lowest BCUT2D eigenvalue weighted by Gasteiger charge is -1.99. The average Bonchev–Trinajstić information content (AvgIpc) is 1.59. The minimum absolute atomic E-state index is 0.107. The molecule has 0 aromatic rings. The molecular weight excluding hydrogens is 133 g/mol. The van der Waals surface area contributed by atoms with E-state index in [9.17, 15) is 4.57 Å². The summed E-state index contributed by atoms with van der Waals surface area (Å²) in [5.41, 5.74) is 0. The lowest BCUT2D eigenvalue weighted by atomic mass is 10.9. The van der Waals surface area contributed by atoms with E-state index in [4.69, 9.17) is 9.79 Å². The Hall–Kier alpha value is 0.0700. The first kappa shape index (κ1) is 8.07. The molecule has 6 heteroatoms. The van der Waals surface area contributed by atoms with Crippen LogP contribution >= 0.6 is 7.60 Å². The zero-order valence-electron chi connectivity index (χ0n) is 4.15. The number of hydrogen-bond acceptors (Lipinski definition) is 3. The molecule has 0 saturated carbocycles. The lowest BCUT2D eigenvalue weighted by Crippen LogP contribution is -2.05. The Balaban J connectivity index is 3.26. The molecule has 0 bridgehead atoms. The quantitative estimate of drug-likeness (QED) is 0.348. The fraction of sp³-hybridized carbons (Fsp3) is 1.00. The Bertz CT molecular complexity index is 98.2. The van der Waals surface area contributed by atoms with Crippen LogP contribution in [0.1, 0.15) is 0 Å². The van der Waals surface area contributed by atoms with Gasteiger partial charge in [0.15, 0.2) is 0 Å². The highest BCUT2D eigenvalue weighted by atomic mass is 31.2. The minimum atomic E-state index is -3.89. The van der Waals surface area contributed by atoms with Crippen molar-refractivity contribution in [3.8, 4) is 0 Å². The van der Waals surface area contributed by atoms with E-state index in [1.165, 1.54) is 0 Å². The molecule has 0 aliphatic carbocycles. The molecular formula is C2H8NO4P. The summed E-state index contributed by atoms with van der Waals surface area (Å²) in [4.78, 5) is 20.2. The van der Waals surface area contributed by atoms with E-state index >= 15 is 0 Å². The second-order valence-electron chi connectivity index (χ2n) is 1.26. The van der Waals surface area contributed by atoms with Crippen LogP contribution in [0.15, 0.2) is 0 Å². The standard InChI is InChI=1S/C2H8NO4P/c3-7-1-2-8(4,5)6/h1-3H2,(H2,4,5,6). The predicted molar refractivity (Wildman–Crippen MR) is 27.1 cm³/mol. The van der Waals surface area contributed by atoms with Gasteiger partial charge in [-0.2, -0.15) is 0 Å². The first-order valence-corrected chi connectivity index (χ1v) is 3.72. The zero-order valence-corrected chi connectivity index (χ0v) is 5.04. The third-order valence-electron chi connectivity index (χ3n) is 0.500. The van der Waals surface area contributed by atoms with E-state index < -0.39 is 7.60 Å². The molecule has 5 nitrogen and oxygen atoms in total. The monoisotopic (exact) mass is 141 g/mol. The molecule has 0 radical (unpaired) electrons. The highest BCUT2D eigenvalue weighted by Crippen LogP contribution is 2.32. The third kappa shape index (κ3) is 6.07. The van der Waals surface area contributed by atoms with E-state index in [0.717, 1.165) is 0 Å². The zero-order chi connectivity index (χ0) is 6.62. The minimum Gasteiger partial charge on any atom is -0.324 e. The summed E-state index contributed by atoms with van der Waals surface area (Å²) < 4.78 is 9.95. The van der Waals surface area contributed by atoms with Gasteiger partial charge in [-0.15, -0.1) is 0 Å². The molecule has 0 aliphatic heterocycles. The van der Waals surface area contributed by atoms with Crippen molar-refractivity contribution >= 4 is 7.60 Å². The van der Waals surface area contributed by atoms with Gasteiger partial charge in [-0.3, -0.25) is 4.57 Å². The van der Waals surface area contributed by atoms with Crippen molar-refractivity contribution in [2.45, 2.75) is 0 Å². The number of hydrogen-bond donors (Lipinski definition) is 3. The van der Waals surface area contributed by atoms with E-state index in [2.05, 4.69) is 10.7 Å². The van der Waals surface area contributed by atoms with Crippen molar-refractivity contribution < 1.29 is 19.2 Å². The van der Waals surface area contributed by atoms with Gasteiger partial charge in [0.1, 0.15) is 0 Å². The molecule has 0 saturated heterocycles. The van der Waals surface area contributed by atoms with Crippen molar-refractivity contribution in [3.63, 3.8) is 0 Å². The van der Waals surface area contributed by atoms with Crippen LogP contribution in [-0.2, 0) is 9.40 Å². The molecule has 0 atom stereocenters. The molecule has 0 fully saturated rings. The predicted octanol–water partition coefficient (Wildman–Crippen LogP) is -0.946. The van der Waals surface area contributed by atoms with Crippen LogP contribution in [0.25, 0.3) is 0 Å². The van der Waals surface area contributed by atoms with Gasteiger partial charge >= 0.3 is 7.60 Å². The topological polar surface area (TPSA) is 92.8 Å². The molecule has 50 valence electrons. The smallest absolute Gasteiger partial charge is 0.324 e. The SMILES string of the molecule is NOCCP(=O)(O)O. The molecule has 0 spiro atoms. The molecule has 8 heavy (non-hydrogen) atoms. The van der Waals surface area contributed by atoms with Crippen LogP contribution in [-0.4, -0.2) is 22.6 Å². The average molecular weight is 141 g/mol. The molecule has 0 amide bonds. The first-order valence-electron chi connectivity index (χ1n) is 1.92. The fourth-order valence-electron chi connectivity index (χ4n) is 0.172.